The summed E-state index contributed by atoms with van der Waals surface area (Å²) in [7, 11) is -3.60. The summed E-state index contributed by atoms with van der Waals surface area (Å²) in [5, 5.41) is 0. The maximum absolute atomic E-state index is 12.7. The molecule has 3 rings (SSSR count). The standard InChI is InChI=1S/C23H24INO3S/c1-18-13-15-21(16-14-18)29(26,27)25-17-22(24)23(2,19-9-5-3-6-10-19)28-20-11-7-4-8-12-20/h3-16,22,25H,17H2,1-2H3/t22-,23+/m0/s1. The minimum Gasteiger partial charge on any atom is -0.482 e. The van der Waals surface area contributed by atoms with Gasteiger partial charge in [0, 0.05) is 6.54 Å². The van der Waals surface area contributed by atoms with Gasteiger partial charge in [0.15, 0.2) is 0 Å². The molecule has 0 aliphatic rings. The van der Waals surface area contributed by atoms with Crippen molar-refractivity contribution in [3.8, 4) is 5.75 Å². The van der Waals surface area contributed by atoms with E-state index in [-0.39, 0.29) is 15.4 Å². The van der Waals surface area contributed by atoms with Crippen LogP contribution in [0, 0.1) is 6.92 Å². The molecule has 0 radical (unpaired) electrons. The molecule has 3 aromatic carbocycles. The highest BCUT2D eigenvalue weighted by Crippen LogP contribution is 2.35. The number of rotatable bonds is 8. The predicted molar refractivity (Wildman–Crippen MR) is 125 cm³/mol. The van der Waals surface area contributed by atoms with Crippen molar-refractivity contribution in [2.45, 2.75) is 28.3 Å². The Morgan fingerprint density at radius 1 is 0.931 bits per heavy atom. The molecule has 0 unspecified atom stereocenters. The second-order valence-electron chi connectivity index (χ2n) is 7.02. The molecule has 3 aromatic rings. The number of hydrogen-bond acceptors (Lipinski definition) is 3. The second-order valence-corrected chi connectivity index (χ2v) is 10.3. The molecule has 1 N–H and O–H groups in total. The number of ether oxygens (including phenoxy) is 1. The van der Waals surface area contributed by atoms with Gasteiger partial charge in [0.25, 0.3) is 0 Å². The number of para-hydroxylation sites is 1. The van der Waals surface area contributed by atoms with Crippen LogP contribution in [0.1, 0.15) is 18.1 Å². The molecular weight excluding hydrogens is 497 g/mol. The molecule has 6 heteroatoms. The quantitative estimate of drug-likeness (QED) is 0.333. The van der Waals surface area contributed by atoms with Crippen molar-refractivity contribution >= 4 is 32.6 Å². The lowest BCUT2D eigenvalue weighted by Gasteiger charge is -2.36. The van der Waals surface area contributed by atoms with E-state index in [1.165, 1.54) is 0 Å². The highest BCUT2D eigenvalue weighted by Gasteiger charge is 2.37. The van der Waals surface area contributed by atoms with Crippen LogP contribution in [0.5, 0.6) is 5.75 Å². The zero-order valence-corrected chi connectivity index (χ0v) is 19.4. The average molecular weight is 521 g/mol. The van der Waals surface area contributed by atoms with Gasteiger partial charge in [-0.15, -0.1) is 0 Å². The van der Waals surface area contributed by atoms with Gasteiger partial charge in [0.05, 0.1) is 8.82 Å². The summed E-state index contributed by atoms with van der Waals surface area (Å²) in [4.78, 5) is 0.261. The first-order valence-corrected chi connectivity index (χ1v) is 12.0. The lowest BCUT2D eigenvalue weighted by atomic mass is 9.92. The Bertz CT molecular complexity index is 1020. The van der Waals surface area contributed by atoms with Crippen LogP contribution in [-0.2, 0) is 15.6 Å². The van der Waals surface area contributed by atoms with Crippen molar-refractivity contribution in [2.75, 3.05) is 6.54 Å². The Hall–Kier alpha value is -1.90. The first-order valence-electron chi connectivity index (χ1n) is 9.31. The SMILES string of the molecule is Cc1ccc(S(=O)(=O)NC[C@H](I)[C@](C)(Oc2ccccc2)c2ccccc2)cc1. The first-order chi connectivity index (χ1) is 13.8. The minimum absolute atomic E-state index is 0.164. The summed E-state index contributed by atoms with van der Waals surface area (Å²) in [5.74, 6) is 0.738. The van der Waals surface area contributed by atoms with Gasteiger partial charge in [-0.05, 0) is 43.7 Å². The maximum atomic E-state index is 12.7. The molecule has 0 amide bonds. The predicted octanol–water partition coefficient (Wildman–Crippen LogP) is 5.07. The topological polar surface area (TPSA) is 55.4 Å². The average Bonchev–Trinajstić information content (AvgIpc) is 2.73. The van der Waals surface area contributed by atoms with Crippen molar-refractivity contribution in [3.63, 3.8) is 0 Å². The van der Waals surface area contributed by atoms with E-state index in [4.69, 9.17) is 4.74 Å². The number of benzene rings is 3. The summed E-state index contributed by atoms with van der Waals surface area (Å²) in [6.07, 6.45) is 0. The van der Waals surface area contributed by atoms with Gasteiger partial charge in [-0.25, -0.2) is 13.1 Å². The molecule has 0 aliphatic heterocycles. The molecule has 4 nitrogen and oxygen atoms in total. The van der Waals surface area contributed by atoms with Crippen molar-refractivity contribution in [1.29, 1.82) is 0 Å². The van der Waals surface area contributed by atoms with Crippen molar-refractivity contribution < 1.29 is 13.2 Å². The molecule has 29 heavy (non-hydrogen) atoms. The molecule has 0 aromatic heterocycles. The third-order valence-corrected chi connectivity index (χ3v) is 7.87. The van der Waals surface area contributed by atoms with Crippen LogP contribution in [0.15, 0.2) is 89.8 Å². The number of halogens is 1. The van der Waals surface area contributed by atoms with Crippen molar-refractivity contribution in [2.24, 2.45) is 0 Å². The molecule has 0 saturated heterocycles. The zero-order chi connectivity index (χ0) is 20.9. The first kappa shape index (κ1) is 21.8. The third kappa shape index (κ3) is 5.38. The fourth-order valence-corrected chi connectivity index (χ4v) is 5.04. The fourth-order valence-electron chi connectivity index (χ4n) is 2.98. The van der Waals surface area contributed by atoms with E-state index in [9.17, 15) is 8.42 Å². The van der Waals surface area contributed by atoms with Gasteiger partial charge >= 0.3 is 0 Å². The molecule has 152 valence electrons. The van der Waals surface area contributed by atoms with E-state index in [0.717, 1.165) is 16.9 Å². The second kappa shape index (κ2) is 9.28. The largest absolute Gasteiger partial charge is 0.482 e. The van der Waals surface area contributed by atoms with E-state index in [1.54, 1.807) is 24.3 Å². The monoisotopic (exact) mass is 521 g/mol. The van der Waals surface area contributed by atoms with Crippen LogP contribution in [0.3, 0.4) is 0 Å². The molecular formula is C23H24INO3S. The highest BCUT2D eigenvalue weighted by molar-refractivity contribution is 14.1. The zero-order valence-electron chi connectivity index (χ0n) is 16.4. The fraction of sp³-hybridized carbons (Fsp3) is 0.217. The van der Waals surface area contributed by atoms with Crippen molar-refractivity contribution in [1.82, 2.24) is 4.72 Å². The highest BCUT2D eigenvalue weighted by atomic mass is 127. The summed E-state index contributed by atoms with van der Waals surface area (Å²) in [6, 6.07) is 26.3. The third-order valence-electron chi connectivity index (χ3n) is 4.80. The normalized spacial score (nSPS) is 14.7. The lowest BCUT2D eigenvalue weighted by Crippen LogP contribution is -2.45. The Kier molecular flexibility index (Phi) is 6.97. The van der Waals surface area contributed by atoms with Crippen LogP contribution in [-0.4, -0.2) is 18.9 Å². The van der Waals surface area contributed by atoms with Crippen LogP contribution >= 0.6 is 22.6 Å². The van der Waals surface area contributed by atoms with Gasteiger partial charge in [-0.2, -0.15) is 0 Å². The van der Waals surface area contributed by atoms with E-state index in [0.29, 0.717) is 0 Å². The number of hydrogen-bond donors (Lipinski definition) is 1. The molecule has 0 spiro atoms. The lowest BCUT2D eigenvalue weighted by molar-refractivity contribution is 0.0900. The molecule has 0 saturated carbocycles. The number of aryl methyl sites for hydroxylation is 1. The van der Waals surface area contributed by atoms with Gasteiger partial charge in [0.1, 0.15) is 11.4 Å². The van der Waals surface area contributed by atoms with Gasteiger partial charge in [-0.1, -0.05) is 88.8 Å². The number of alkyl halides is 1. The van der Waals surface area contributed by atoms with Crippen LogP contribution in [0.4, 0.5) is 0 Å². The van der Waals surface area contributed by atoms with Gasteiger partial charge < -0.3 is 4.74 Å². The minimum atomic E-state index is -3.60. The summed E-state index contributed by atoms with van der Waals surface area (Å²) < 4.78 is 34.4. The van der Waals surface area contributed by atoms with E-state index in [2.05, 4.69) is 27.3 Å². The summed E-state index contributed by atoms with van der Waals surface area (Å²) in [5.41, 5.74) is 1.28. The van der Waals surface area contributed by atoms with E-state index < -0.39 is 15.6 Å². The Balaban J connectivity index is 1.83. The molecule has 0 heterocycles. The Labute approximate surface area is 186 Å². The Morgan fingerprint density at radius 3 is 2.07 bits per heavy atom. The number of nitrogens with one attached hydrogen (secondary N) is 1. The van der Waals surface area contributed by atoms with E-state index >= 15 is 0 Å². The van der Waals surface area contributed by atoms with Gasteiger partial charge in [0.2, 0.25) is 10.0 Å². The smallest absolute Gasteiger partial charge is 0.240 e. The van der Waals surface area contributed by atoms with Crippen LogP contribution < -0.4 is 9.46 Å². The Morgan fingerprint density at radius 2 is 1.48 bits per heavy atom. The number of sulfonamides is 1. The maximum Gasteiger partial charge on any atom is 0.240 e. The summed E-state index contributed by atoms with van der Waals surface area (Å²) in [6.45, 7) is 4.15. The molecule has 0 aliphatic carbocycles. The van der Waals surface area contributed by atoms with Crippen LogP contribution in [0.2, 0.25) is 0 Å². The molecule has 2 atom stereocenters. The molecule has 0 bridgehead atoms. The molecule has 0 fully saturated rings. The summed E-state index contributed by atoms with van der Waals surface area (Å²) >= 11 is 2.26. The van der Waals surface area contributed by atoms with Crippen LogP contribution in [0.25, 0.3) is 0 Å². The van der Waals surface area contributed by atoms with Crippen molar-refractivity contribution in [3.05, 3.63) is 96.1 Å². The van der Waals surface area contributed by atoms with E-state index in [1.807, 2.05) is 74.5 Å². The van der Waals surface area contributed by atoms with Gasteiger partial charge in [-0.3, -0.25) is 0 Å².